The van der Waals surface area contributed by atoms with Crippen molar-refractivity contribution in [3.05, 3.63) is 117 Å². The van der Waals surface area contributed by atoms with E-state index < -0.39 is 44.4 Å². The number of aryl methyl sites for hydroxylation is 4. The summed E-state index contributed by atoms with van der Waals surface area (Å²) in [7, 11) is 0. The molecule has 11 rings (SSSR count). The molecular formula is C70H80N6O8. The van der Waals surface area contributed by atoms with Crippen LogP contribution >= 0.6 is 0 Å². The summed E-state index contributed by atoms with van der Waals surface area (Å²) in [5.41, 5.74) is 13.1. The minimum atomic E-state index is -1.23. The number of carbonyl (C=O) groups is 6. The number of carboxylic acids is 2. The van der Waals surface area contributed by atoms with E-state index in [0.717, 1.165) is 123 Å². The number of allylic oxidation sites excluding steroid dienone is 4. The van der Waals surface area contributed by atoms with Gasteiger partial charge in [0.2, 0.25) is 23.6 Å². The van der Waals surface area contributed by atoms with Crippen LogP contribution in [-0.4, -0.2) is 75.5 Å². The Hall–Kier alpha value is -7.74. The Morgan fingerprint density at radius 2 is 0.833 bits per heavy atom. The van der Waals surface area contributed by atoms with Crippen LogP contribution in [-0.2, 0) is 54.7 Å². The standard InChI is InChI=1S/C70H80N6O8/c1-15-43-37(5)55-53(47-25-21-19-23-41(47)29-75-59(77)65(9)31-66(10,60(75)78)34-69(13,33-65)63(81)82)56-39(7)45(17-3)51(73-56)28-52-46(18-4)40(8)58(74-52)54(57-38(6)44(16-2)50(72-57)27-49(43)71-55)48-26-22-20-24-42(48)30-76-61(79)67(11)32-68(12,62(76)80)36-70(14,35-67)64(83)84/h19-28,71,73H,15-18,29-36H2,1-14H3,(H,81,82)(H,83,84). The second kappa shape index (κ2) is 19.9. The van der Waals surface area contributed by atoms with Crippen LogP contribution in [0, 0.1) is 46.3 Å². The Bertz CT molecular complexity index is 3840. The third kappa shape index (κ3) is 8.68. The molecule has 4 aliphatic heterocycles. The molecule has 2 saturated heterocycles. The maximum Gasteiger partial charge on any atom is 0.309 e. The Morgan fingerprint density at radius 3 is 1.15 bits per heavy atom. The molecule has 7 heterocycles. The highest BCUT2D eigenvalue weighted by molar-refractivity contribution is 6.08. The first-order valence-corrected chi connectivity index (χ1v) is 30.1. The van der Waals surface area contributed by atoms with Crippen LogP contribution in [0.15, 0.2) is 60.7 Å². The van der Waals surface area contributed by atoms with Gasteiger partial charge in [0.1, 0.15) is 0 Å². The number of benzene rings is 2. The number of amides is 4. The van der Waals surface area contributed by atoms with Gasteiger partial charge in [0, 0.05) is 43.8 Å². The van der Waals surface area contributed by atoms with Crippen molar-refractivity contribution in [2.75, 3.05) is 0 Å². The summed E-state index contributed by atoms with van der Waals surface area (Å²) in [6, 6.07) is 20.2. The third-order valence-electron chi connectivity index (χ3n) is 20.5. The van der Waals surface area contributed by atoms with Crippen LogP contribution < -0.4 is 0 Å². The Kier molecular flexibility index (Phi) is 13.8. The molecule has 0 spiro atoms. The van der Waals surface area contributed by atoms with E-state index in [1.54, 1.807) is 13.8 Å². The van der Waals surface area contributed by atoms with Gasteiger partial charge in [-0.2, -0.15) is 0 Å². The number of carbonyl (C=O) groups excluding carboxylic acids is 4. The van der Waals surface area contributed by atoms with E-state index in [1.165, 1.54) is 9.80 Å². The van der Waals surface area contributed by atoms with Crippen molar-refractivity contribution in [3.63, 3.8) is 0 Å². The summed E-state index contributed by atoms with van der Waals surface area (Å²) in [6.07, 6.45) is 3.84. The molecule has 12 bridgehead atoms. The van der Waals surface area contributed by atoms with Gasteiger partial charge < -0.3 is 20.2 Å². The minimum Gasteiger partial charge on any atom is -0.481 e. The maximum absolute atomic E-state index is 14.9. The SMILES string of the molecule is CCC1=C(C)c2nc1cc1[nH]c(c(C)c1CC)c(-c1ccccc1CN1C(=O)C3(C)CC(C)(C(=O)O)CC(C)(C3)C1=O)c1[nH]c(cc3nc(c2-c2ccccc2CN2C(=O)C4(C)CC(C)(C(=O)O)CC(C)(C4)C2=O)C(C)=C3CC)c(CC)c1C. The second-order valence-corrected chi connectivity index (χ2v) is 27.1. The molecule has 3 aromatic heterocycles. The van der Waals surface area contributed by atoms with Gasteiger partial charge in [-0.3, -0.25) is 38.6 Å². The summed E-state index contributed by atoms with van der Waals surface area (Å²) in [6.45, 7) is 27.7. The van der Waals surface area contributed by atoms with Crippen molar-refractivity contribution >= 4 is 79.9 Å². The lowest BCUT2D eigenvalue weighted by Gasteiger charge is -2.55. The van der Waals surface area contributed by atoms with E-state index in [1.807, 2.05) is 70.2 Å². The Labute approximate surface area is 492 Å². The number of hydrogen-bond acceptors (Lipinski definition) is 8. The minimum absolute atomic E-state index is 0.00139. The maximum atomic E-state index is 14.9. The number of aromatic amines is 2. The first-order chi connectivity index (χ1) is 39.5. The van der Waals surface area contributed by atoms with Crippen molar-refractivity contribution in [1.29, 1.82) is 0 Å². The Balaban J connectivity index is 1.16. The van der Waals surface area contributed by atoms with Gasteiger partial charge in [0.05, 0.1) is 57.7 Å². The van der Waals surface area contributed by atoms with Crippen LogP contribution in [0.25, 0.3) is 66.6 Å². The van der Waals surface area contributed by atoms with Gasteiger partial charge in [-0.15, -0.1) is 0 Å². The van der Waals surface area contributed by atoms with Gasteiger partial charge in [0.15, 0.2) is 0 Å². The molecule has 2 aliphatic carbocycles. The van der Waals surface area contributed by atoms with Crippen molar-refractivity contribution in [3.8, 4) is 22.3 Å². The zero-order chi connectivity index (χ0) is 60.7. The largest absolute Gasteiger partial charge is 0.481 e. The van der Waals surface area contributed by atoms with Gasteiger partial charge in [0.25, 0.3) is 0 Å². The highest BCUT2D eigenvalue weighted by Gasteiger charge is 2.65. The number of H-pyrrole nitrogens is 2. The summed E-state index contributed by atoms with van der Waals surface area (Å²) in [5.74, 6) is -3.41. The van der Waals surface area contributed by atoms with E-state index in [0.29, 0.717) is 32.1 Å². The number of piperidine rings is 2. The molecule has 4 atom stereocenters. The average Bonchev–Trinajstić information content (AvgIpc) is 1.23. The monoisotopic (exact) mass is 1130 g/mol. The molecule has 84 heavy (non-hydrogen) atoms. The summed E-state index contributed by atoms with van der Waals surface area (Å²) >= 11 is 0. The number of nitrogens with zero attached hydrogens (tertiary/aromatic N) is 4. The molecule has 14 nitrogen and oxygen atoms in total. The fourth-order valence-electron chi connectivity index (χ4n) is 17.2. The fraction of sp³-hybridized carbons (Fsp3) is 0.457. The topological polar surface area (TPSA) is 207 Å². The molecule has 4 N–H and O–H groups in total. The molecule has 6 aliphatic rings. The predicted octanol–water partition coefficient (Wildman–Crippen LogP) is 14.4. The molecule has 4 amide bonds. The zero-order valence-corrected chi connectivity index (χ0v) is 51.4. The quantitative estimate of drug-likeness (QED) is 0.0869. The van der Waals surface area contributed by atoms with Crippen molar-refractivity contribution < 1.29 is 39.0 Å². The number of hydrogen-bond donors (Lipinski definition) is 4. The lowest BCUT2D eigenvalue weighted by molar-refractivity contribution is -0.185. The highest BCUT2D eigenvalue weighted by atomic mass is 16.4. The zero-order valence-electron chi connectivity index (χ0n) is 51.4. The molecule has 0 radical (unpaired) electrons. The number of aromatic nitrogens is 4. The van der Waals surface area contributed by atoms with E-state index in [9.17, 15) is 39.0 Å². The summed E-state index contributed by atoms with van der Waals surface area (Å²) in [5, 5.41) is 20.8. The van der Waals surface area contributed by atoms with E-state index in [2.05, 4.69) is 83.6 Å². The van der Waals surface area contributed by atoms with Crippen molar-refractivity contribution in [1.82, 2.24) is 29.7 Å². The van der Waals surface area contributed by atoms with Crippen LogP contribution in [0.4, 0.5) is 0 Å². The average molecular weight is 1130 g/mol. The second-order valence-electron chi connectivity index (χ2n) is 27.1. The lowest BCUT2D eigenvalue weighted by atomic mass is 9.51. The first kappa shape index (κ1) is 58.1. The number of fused-ring (bicyclic) bond motifs is 12. The number of nitrogens with one attached hydrogen (secondary N) is 2. The van der Waals surface area contributed by atoms with Crippen LogP contribution in [0.1, 0.15) is 191 Å². The van der Waals surface area contributed by atoms with E-state index in [4.69, 9.17) is 9.97 Å². The molecule has 4 fully saturated rings. The van der Waals surface area contributed by atoms with Gasteiger partial charge in [-0.05, 0) is 185 Å². The lowest BCUT2D eigenvalue weighted by Crippen LogP contribution is -2.63. The molecule has 5 aromatic rings. The molecule has 14 heteroatoms. The third-order valence-corrected chi connectivity index (χ3v) is 20.5. The summed E-state index contributed by atoms with van der Waals surface area (Å²) in [4.78, 5) is 107. The number of aliphatic carboxylic acids is 2. The fourth-order valence-corrected chi connectivity index (χ4v) is 17.2. The molecular weight excluding hydrogens is 1050 g/mol. The van der Waals surface area contributed by atoms with Gasteiger partial charge >= 0.3 is 11.9 Å². The highest BCUT2D eigenvalue weighted by Crippen LogP contribution is 2.61. The normalized spacial score (nSPS) is 26.9. The Morgan fingerprint density at radius 1 is 0.500 bits per heavy atom. The number of carboxylic acid groups (broad SMARTS) is 2. The van der Waals surface area contributed by atoms with Crippen LogP contribution in [0.5, 0.6) is 0 Å². The van der Waals surface area contributed by atoms with Crippen LogP contribution in [0.3, 0.4) is 0 Å². The van der Waals surface area contributed by atoms with Crippen LogP contribution in [0.2, 0.25) is 0 Å². The molecule has 2 aromatic carbocycles. The number of likely N-dealkylation sites (tertiary alicyclic amines) is 2. The molecule has 438 valence electrons. The summed E-state index contributed by atoms with van der Waals surface area (Å²) < 4.78 is 0. The van der Waals surface area contributed by atoms with E-state index in [-0.39, 0.29) is 68.8 Å². The molecule has 2 saturated carbocycles. The van der Waals surface area contributed by atoms with Gasteiger partial charge in [-0.25, -0.2) is 9.97 Å². The number of imide groups is 2. The predicted molar refractivity (Wildman–Crippen MR) is 328 cm³/mol. The van der Waals surface area contributed by atoms with Gasteiger partial charge in [-0.1, -0.05) is 104 Å². The van der Waals surface area contributed by atoms with E-state index >= 15 is 0 Å². The van der Waals surface area contributed by atoms with Crippen molar-refractivity contribution in [2.45, 2.75) is 174 Å². The smallest absolute Gasteiger partial charge is 0.309 e. The van der Waals surface area contributed by atoms with Crippen molar-refractivity contribution in [2.24, 2.45) is 32.5 Å². The number of rotatable bonds is 12. The molecule has 4 unspecified atom stereocenters. The first-order valence-electron chi connectivity index (χ1n) is 30.1.